The quantitative estimate of drug-likeness (QED) is 0.858. The smallest absolute Gasteiger partial charge is 0.293 e. The number of para-hydroxylation sites is 1. The number of carbonyl (C=O) groups is 1. The highest BCUT2D eigenvalue weighted by atomic mass is 35.5. The lowest BCUT2D eigenvalue weighted by Gasteiger charge is -2.21. The Morgan fingerprint density at radius 2 is 2.08 bits per heavy atom. The molecule has 2 aromatic rings. The minimum absolute atomic E-state index is 0. The maximum atomic E-state index is 12.9. The van der Waals surface area contributed by atoms with Crippen LogP contribution in [0.15, 0.2) is 24.3 Å². The van der Waals surface area contributed by atoms with Gasteiger partial charge in [-0.1, -0.05) is 44.5 Å². The molecular weight excluding hydrogens is 373 g/mol. The molecular formula is C18H25Cl2N5O. The standard InChI is InChI=1S/C18H24ClN5O.ClH/c1-12(2)16-21-15(17(25)23-9-8-18(3,10-20)11-23)22-24(16)14-7-5-4-6-13(14)19;/h4-7,12H,8-11,20H2,1-3H3;1H. The zero-order valence-electron chi connectivity index (χ0n) is 15.3. The van der Waals surface area contributed by atoms with Crippen LogP contribution in [0.3, 0.4) is 0 Å². The molecule has 0 aliphatic carbocycles. The van der Waals surface area contributed by atoms with Gasteiger partial charge in [-0.2, -0.15) is 0 Å². The Balaban J connectivity index is 0.00000243. The molecule has 1 aliphatic rings. The zero-order chi connectivity index (χ0) is 18.2. The number of hydrogen-bond donors (Lipinski definition) is 1. The van der Waals surface area contributed by atoms with E-state index in [1.54, 1.807) is 15.6 Å². The molecule has 2 N–H and O–H groups in total. The van der Waals surface area contributed by atoms with E-state index < -0.39 is 0 Å². The molecule has 1 aliphatic heterocycles. The average Bonchev–Trinajstić information content (AvgIpc) is 3.20. The Bertz CT molecular complexity index is 792. The van der Waals surface area contributed by atoms with Gasteiger partial charge in [-0.25, -0.2) is 9.67 Å². The van der Waals surface area contributed by atoms with Gasteiger partial charge in [-0.15, -0.1) is 17.5 Å². The largest absolute Gasteiger partial charge is 0.335 e. The van der Waals surface area contributed by atoms with E-state index in [0.717, 1.165) is 17.9 Å². The summed E-state index contributed by atoms with van der Waals surface area (Å²) in [7, 11) is 0. The van der Waals surface area contributed by atoms with Crippen LogP contribution in [-0.4, -0.2) is 45.2 Å². The first-order chi connectivity index (χ1) is 11.8. The molecule has 0 radical (unpaired) electrons. The lowest BCUT2D eigenvalue weighted by molar-refractivity contribution is 0.0765. The molecule has 3 rings (SSSR count). The number of halogens is 2. The van der Waals surface area contributed by atoms with Crippen LogP contribution in [0.4, 0.5) is 0 Å². The fourth-order valence-corrected chi connectivity index (χ4v) is 3.31. The van der Waals surface area contributed by atoms with E-state index in [0.29, 0.717) is 24.7 Å². The van der Waals surface area contributed by atoms with Gasteiger partial charge in [0.15, 0.2) is 0 Å². The van der Waals surface area contributed by atoms with Crippen LogP contribution in [0.25, 0.3) is 5.69 Å². The molecule has 1 fully saturated rings. The van der Waals surface area contributed by atoms with E-state index >= 15 is 0 Å². The number of rotatable bonds is 4. The van der Waals surface area contributed by atoms with Gasteiger partial charge in [0, 0.05) is 19.0 Å². The van der Waals surface area contributed by atoms with E-state index in [9.17, 15) is 4.79 Å². The first kappa shape index (κ1) is 20.7. The SMILES string of the molecule is CC(C)c1nc(C(=O)N2CCC(C)(CN)C2)nn1-c1ccccc1Cl.Cl. The Hall–Kier alpha value is -1.63. The fourth-order valence-electron chi connectivity index (χ4n) is 3.09. The first-order valence-electron chi connectivity index (χ1n) is 8.56. The number of nitrogens with two attached hydrogens (primary N) is 1. The summed E-state index contributed by atoms with van der Waals surface area (Å²) < 4.78 is 1.68. The predicted molar refractivity (Wildman–Crippen MR) is 105 cm³/mol. The molecule has 1 saturated heterocycles. The Morgan fingerprint density at radius 1 is 1.38 bits per heavy atom. The van der Waals surface area contributed by atoms with E-state index in [1.807, 2.05) is 32.0 Å². The minimum Gasteiger partial charge on any atom is -0.335 e. The summed E-state index contributed by atoms with van der Waals surface area (Å²) in [6.07, 6.45) is 0.900. The fraction of sp³-hybridized carbons (Fsp3) is 0.500. The summed E-state index contributed by atoms with van der Waals surface area (Å²) in [6, 6.07) is 7.43. The van der Waals surface area contributed by atoms with E-state index in [1.165, 1.54) is 0 Å². The normalized spacial score (nSPS) is 19.7. The summed E-state index contributed by atoms with van der Waals surface area (Å²) in [5.74, 6) is 0.894. The van der Waals surface area contributed by atoms with E-state index in [-0.39, 0.29) is 35.5 Å². The van der Waals surface area contributed by atoms with Crippen molar-refractivity contribution in [3.63, 3.8) is 0 Å². The topological polar surface area (TPSA) is 77.0 Å². The van der Waals surface area contributed by atoms with E-state index in [2.05, 4.69) is 17.0 Å². The molecule has 0 saturated carbocycles. The molecule has 8 heteroatoms. The van der Waals surface area contributed by atoms with Crippen LogP contribution in [-0.2, 0) is 0 Å². The molecule has 1 aromatic heterocycles. The van der Waals surface area contributed by atoms with Gasteiger partial charge >= 0.3 is 0 Å². The Morgan fingerprint density at radius 3 is 2.65 bits per heavy atom. The molecule has 2 heterocycles. The molecule has 1 unspecified atom stereocenters. The highest BCUT2D eigenvalue weighted by Gasteiger charge is 2.36. The number of amides is 1. The second-order valence-electron chi connectivity index (χ2n) is 7.30. The number of likely N-dealkylation sites (tertiary alicyclic amines) is 1. The minimum atomic E-state index is -0.148. The van der Waals surface area contributed by atoms with Crippen molar-refractivity contribution in [1.29, 1.82) is 0 Å². The van der Waals surface area contributed by atoms with Crippen molar-refractivity contribution >= 4 is 29.9 Å². The summed E-state index contributed by atoms with van der Waals surface area (Å²) in [5, 5.41) is 5.05. The van der Waals surface area contributed by atoms with Crippen molar-refractivity contribution in [1.82, 2.24) is 19.7 Å². The number of hydrogen-bond acceptors (Lipinski definition) is 4. The molecule has 1 aromatic carbocycles. The Labute approximate surface area is 165 Å². The second-order valence-corrected chi connectivity index (χ2v) is 7.71. The molecule has 142 valence electrons. The van der Waals surface area contributed by atoms with Gasteiger partial charge in [-0.3, -0.25) is 4.79 Å². The van der Waals surface area contributed by atoms with Crippen LogP contribution >= 0.6 is 24.0 Å². The van der Waals surface area contributed by atoms with E-state index in [4.69, 9.17) is 17.3 Å². The first-order valence-corrected chi connectivity index (χ1v) is 8.93. The number of aromatic nitrogens is 3. The maximum Gasteiger partial charge on any atom is 0.293 e. The third-order valence-electron chi connectivity index (χ3n) is 4.76. The van der Waals surface area contributed by atoms with Crippen LogP contribution in [0.5, 0.6) is 0 Å². The zero-order valence-corrected chi connectivity index (χ0v) is 16.8. The van der Waals surface area contributed by atoms with Crippen molar-refractivity contribution < 1.29 is 4.79 Å². The molecule has 0 bridgehead atoms. The van der Waals surface area contributed by atoms with Gasteiger partial charge in [0.25, 0.3) is 5.91 Å². The van der Waals surface area contributed by atoms with Gasteiger partial charge in [-0.05, 0) is 30.5 Å². The van der Waals surface area contributed by atoms with Crippen molar-refractivity contribution in [2.45, 2.75) is 33.1 Å². The van der Waals surface area contributed by atoms with Crippen molar-refractivity contribution in [3.8, 4) is 5.69 Å². The van der Waals surface area contributed by atoms with Gasteiger partial charge in [0.1, 0.15) is 5.82 Å². The monoisotopic (exact) mass is 397 g/mol. The molecule has 6 nitrogen and oxygen atoms in total. The number of carbonyl (C=O) groups excluding carboxylic acids is 1. The van der Waals surface area contributed by atoms with Crippen molar-refractivity contribution in [3.05, 3.63) is 40.9 Å². The van der Waals surface area contributed by atoms with Crippen molar-refractivity contribution in [2.24, 2.45) is 11.1 Å². The summed E-state index contributed by atoms with van der Waals surface area (Å²) in [4.78, 5) is 19.2. The van der Waals surface area contributed by atoms with Crippen LogP contribution < -0.4 is 5.73 Å². The summed E-state index contributed by atoms with van der Waals surface area (Å²) in [5.41, 5.74) is 6.55. The highest BCUT2D eigenvalue weighted by Crippen LogP contribution is 2.30. The average molecular weight is 398 g/mol. The van der Waals surface area contributed by atoms with Crippen LogP contribution in [0.2, 0.25) is 5.02 Å². The third-order valence-corrected chi connectivity index (χ3v) is 5.08. The number of nitrogens with zero attached hydrogens (tertiary/aromatic N) is 4. The molecule has 1 atom stereocenters. The predicted octanol–water partition coefficient (Wildman–Crippen LogP) is 3.28. The Kier molecular flexibility index (Phi) is 6.32. The molecule has 1 amide bonds. The second kappa shape index (κ2) is 7.94. The van der Waals surface area contributed by atoms with Crippen LogP contribution in [0.1, 0.15) is 49.6 Å². The van der Waals surface area contributed by atoms with Gasteiger partial charge in [0.2, 0.25) is 5.82 Å². The lowest BCUT2D eigenvalue weighted by Crippen LogP contribution is -2.35. The number of benzene rings is 1. The van der Waals surface area contributed by atoms with Gasteiger partial charge < -0.3 is 10.6 Å². The molecule has 0 spiro atoms. The lowest BCUT2D eigenvalue weighted by atomic mass is 9.90. The molecule has 26 heavy (non-hydrogen) atoms. The summed E-state index contributed by atoms with van der Waals surface area (Å²) in [6.45, 7) is 8.04. The van der Waals surface area contributed by atoms with Gasteiger partial charge in [0.05, 0.1) is 10.7 Å². The summed E-state index contributed by atoms with van der Waals surface area (Å²) >= 11 is 6.31. The van der Waals surface area contributed by atoms with Crippen LogP contribution in [0, 0.1) is 5.41 Å². The van der Waals surface area contributed by atoms with Crippen molar-refractivity contribution in [2.75, 3.05) is 19.6 Å². The highest BCUT2D eigenvalue weighted by molar-refractivity contribution is 6.32. The maximum absolute atomic E-state index is 12.9. The third kappa shape index (κ3) is 3.87.